The molecule has 19 heavy (non-hydrogen) atoms. The van der Waals surface area contributed by atoms with Gasteiger partial charge in [0.25, 0.3) is 0 Å². The van der Waals surface area contributed by atoms with Crippen molar-refractivity contribution in [2.75, 3.05) is 6.61 Å². The minimum atomic E-state index is -0.935. The number of carboxylic acid groups (broad SMARTS) is 2. The summed E-state index contributed by atoms with van der Waals surface area (Å²) in [5.41, 5.74) is 0.652. The van der Waals surface area contributed by atoms with Crippen molar-refractivity contribution < 1.29 is 24.9 Å². The summed E-state index contributed by atoms with van der Waals surface area (Å²) >= 11 is 0. The summed E-state index contributed by atoms with van der Waals surface area (Å²) in [6, 6.07) is 0. The van der Waals surface area contributed by atoms with E-state index in [-0.39, 0.29) is 11.1 Å². The summed E-state index contributed by atoms with van der Waals surface area (Å²) in [5, 5.41) is 24.2. The minimum absolute atomic E-state index is 0.176. The number of carboxylic acids is 2. The van der Waals surface area contributed by atoms with E-state index in [1.807, 2.05) is 0 Å². The first-order valence-corrected chi connectivity index (χ1v) is 5.73. The lowest BCUT2D eigenvalue weighted by Crippen LogP contribution is -2.06. The first kappa shape index (κ1) is 22.6. The first-order valence-electron chi connectivity index (χ1n) is 5.73. The largest absolute Gasteiger partial charge is 0.478 e. The second-order valence-electron chi connectivity index (χ2n) is 5.21. The van der Waals surface area contributed by atoms with Gasteiger partial charge in [0, 0.05) is 17.8 Å². The third-order valence-corrected chi connectivity index (χ3v) is 1.59. The molecule has 0 bridgehead atoms. The summed E-state index contributed by atoms with van der Waals surface area (Å²) in [6.07, 6.45) is 0.896. The van der Waals surface area contributed by atoms with Gasteiger partial charge in [-0.1, -0.05) is 33.9 Å². The molecule has 0 saturated heterocycles. The zero-order valence-corrected chi connectivity index (χ0v) is 12.5. The maximum absolute atomic E-state index is 9.60. The monoisotopic (exact) mass is 274 g/mol. The van der Waals surface area contributed by atoms with E-state index in [1.165, 1.54) is 13.8 Å². The van der Waals surface area contributed by atoms with Crippen LogP contribution >= 0.6 is 0 Å². The van der Waals surface area contributed by atoms with Gasteiger partial charge in [-0.15, -0.1) is 0 Å². The molecule has 5 nitrogen and oxygen atoms in total. The molecule has 0 amide bonds. The van der Waals surface area contributed by atoms with Gasteiger partial charge in [-0.3, -0.25) is 0 Å². The van der Waals surface area contributed by atoms with Crippen LogP contribution in [0.5, 0.6) is 0 Å². The highest BCUT2D eigenvalue weighted by Crippen LogP contribution is 2.16. The lowest BCUT2D eigenvalue weighted by atomic mass is 9.93. The summed E-state index contributed by atoms with van der Waals surface area (Å²) in [6.45, 7) is 15.9. The lowest BCUT2D eigenvalue weighted by molar-refractivity contribution is -0.133. The second kappa shape index (κ2) is 11.5. The van der Waals surface area contributed by atoms with Crippen LogP contribution in [0.15, 0.2) is 24.3 Å². The van der Waals surface area contributed by atoms with Crippen LogP contribution in [0.2, 0.25) is 0 Å². The molecule has 0 aliphatic carbocycles. The fraction of sp³-hybridized carbons (Fsp3) is 0.571. The van der Waals surface area contributed by atoms with Crippen molar-refractivity contribution in [2.24, 2.45) is 5.41 Å². The Bertz CT molecular complexity index is 262. The summed E-state index contributed by atoms with van der Waals surface area (Å²) in [7, 11) is 0. The molecule has 0 unspecified atom stereocenters. The molecule has 112 valence electrons. The zero-order chi connectivity index (χ0) is 16.2. The normalized spacial score (nSPS) is 9.16. The van der Waals surface area contributed by atoms with Gasteiger partial charge >= 0.3 is 11.9 Å². The molecule has 0 aliphatic heterocycles. The third kappa shape index (κ3) is 31.4. The van der Waals surface area contributed by atoms with Crippen molar-refractivity contribution in [3.8, 4) is 0 Å². The minimum Gasteiger partial charge on any atom is -0.478 e. The molecule has 0 saturated carbocycles. The zero-order valence-electron chi connectivity index (χ0n) is 12.5. The molecule has 0 fully saturated rings. The summed E-state index contributed by atoms with van der Waals surface area (Å²) in [5.74, 6) is -1.87. The van der Waals surface area contributed by atoms with Gasteiger partial charge in [-0.05, 0) is 25.7 Å². The van der Waals surface area contributed by atoms with Crippen LogP contribution in [0.25, 0.3) is 0 Å². The first-order chi connectivity index (χ1) is 8.35. The Morgan fingerprint density at radius 1 is 0.947 bits per heavy atom. The maximum atomic E-state index is 9.60. The topological polar surface area (TPSA) is 94.8 Å². The van der Waals surface area contributed by atoms with Gasteiger partial charge < -0.3 is 15.3 Å². The number of aliphatic carboxylic acids is 2. The van der Waals surface area contributed by atoms with Gasteiger partial charge in [-0.25, -0.2) is 9.59 Å². The van der Waals surface area contributed by atoms with Crippen LogP contribution < -0.4 is 0 Å². The Labute approximate surface area is 115 Å². The van der Waals surface area contributed by atoms with Gasteiger partial charge in [0.1, 0.15) is 0 Å². The third-order valence-electron chi connectivity index (χ3n) is 1.59. The van der Waals surface area contributed by atoms with E-state index >= 15 is 0 Å². The maximum Gasteiger partial charge on any atom is 0.330 e. The van der Waals surface area contributed by atoms with Crippen molar-refractivity contribution in [2.45, 2.75) is 41.0 Å². The molecule has 0 aromatic heterocycles. The molecule has 0 rings (SSSR count). The molecule has 5 heteroatoms. The summed E-state index contributed by atoms with van der Waals surface area (Å²) < 4.78 is 0. The SMILES string of the molecule is C=C(C)C(=O)O.C=C(C)C(=O)O.CC(C)(C)CCO. The summed E-state index contributed by atoms with van der Waals surface area (Å²) in [4.78, 5) is 19.2. The van der Waals surface area contributed by atoms with Gasteiger partial charge in [0.05, 0.1) is 0 Å². The highest BCUT2D eigenvalue weighted by molar-refractivity contribution is 5.85. The Hall–Kier alpha value is -1.62. The smallest absolute Gasteiger partial charge is 0.330 e. The van der Waals surface area contributed by atoms with E-state index in [9.17, 15) is 9.59 Å². The van der Waals surface area contributed by atoms with E-state index < -0.39 is 11.9 Å². The molecule has 0 spiro atoms. The highest BCUT2D eigenvalue weighted by Gasteiger charge is 2.06. The molecule has 0 aromatic carbocycles. The number of aliphatic hydroxyl groups excluding tert-OH is 1. The van der Waals surface area contributed by atoms with E-state index in [2.05, 4.69) is 33.9 Å². The molecule has 0 heterocycles. The molecular weight excluding hydrogens is 248 g/mol. The van der Waals surface area contributed by atoms with Gasteiger partial charge in [0.2, 0.25) is 0 Å². The van der Waals surface area contributed by atoms with E-state index in [4.69, 9.17) is 15.3 Å². The molecule has 0 aliphatic rings. The van der Waals surface area contributed by atoms with Crippen LogP contribution in [-0.2, 0) is 9.59 Å². The fourth-order valence-corrected chi connectivity index (χ4v) is 0.335. The van der Waals surface area contributed by atoms with Crippen molar-refractivity contribution >= 4 is 11.9 Å². The number of carbonyl (C=O) groups is 2. The Morgan fingerprint density at radius 3 is 1.16 bits per heavy atom. The van der Waals surface area contributed by atoms with Gasteiger partial charge in [-0.2, -0.15) is 0 Å². The molecule has 0 atom stereocenters. The Balaban J connectivity index is -0.000000203. The predicted molar refractivity (Wildman–Crippen MR) is 76.1 cm³/mol. The van der Waals surface area contributed by atoms with Crippen LogP contribution in [-0.4, -0.2) is 33.9 Å². The Kier molecular flexibility index (Phi) is 13.6. The van der Waals surface area contributed by atoms with Crippen LogP contribution in [0.4, 0.5) is 0 Å². The van der Waals surface area contributed by atoms with Gasteiger partial charge in [0.15, 0.2) is 0 Å². The average molecular weight is 274 g/mol. The standard InChI is InChI=1S/C6H14O.2C4H6O2/c1-6(2,3)4-5-7;2*1-3(2)4(5)6/h7H,4-5H2,1-3H3;2*1H2,2H3,(H,5,6). The molecule has 0 radical (unpaired) electrons. The lowest BCUT2D eigenvalue weighted by Gasteiger charge is -2.14. The van der Waals surface area contributed by atoms with Crippen LogP contribution in [0.3, 0.4) is 0 Å². The van der Waals surface area contributed by atoms with Crippen LogP contribution in [0, 0.1) is 5.41 Å². The van der Waals surface area contributed by atoms with Crippen molar-refractivity contribution in [1.29, 1.82) is 0 Å². The Morgan fingerprint density at radius 2 is 1.16 bits per heavy atom. The molecule has 0 aromatic rings. The number of rotatable bonds is 3. The molecule has 3 N–H and O–H groups in total. The highest BCUT2D eigenvalue weighted by atomic mass is 16.4. The van der Waals surface area contributed by atoms with Crippen molar-refractivity contribution in [1.82, 2.24) is 0 Å². The fourth-order valence-electron chi connectivity index (χ4n) is 0.335. The quantitative estimate of drug-likeness (QED) is 0.688. The number of hydrogen-bond donors (Lipinski definition) is 3. The molecular formula is C14H26O5. The number of hydrogen-bond acceptors (Lipinski definition) is 3. The van der Waals surface area contributed by atoms with Crippen LogP contribution in [0.1, 0.15) is 41.0 Å². The van der Waals surface area contributed by atoms with Crippen molar-refractivity contribution in [3.05, 3.63) is 24.3 Å². The second-order valence-corrected chi connectivity index (χ2v) is 5.21. The average Bonchev–Trinajstić information content (AvgIpc) is 2.16. The predicted octanol–water partition coefficient (Wildman–Crippen LogP) is 2.71. The van der Waals surface area contributed by atoms with E-state index in [1.54, 1.807) is 0 Å². The van der Waals surface area contributed by atoms with E-state index in [0.717, 1.165) is 6.42 Å². The van der Waals surface area contributed by atoms with E-state index in [0.29, 0.717) is 12.0 Å². The number of aliphatic hydroxyl groups is 1. The van der Waals surface area contributed by atoms with Crippen molar-refractivity contribution in [3.63, 3.8) is 0 Å².